The average molecular weight is 373 g/mol. The standard InChI is InChI=1S/C14H15Br2NO/c1-10(11-5-3-2-4-6-11)8-17-9-12-7-13(15)14(16)18-12/h2-7,10,17H,8-9H2,1H3. The maximum Gasteiger partial charge on any atom is 0.183 e. The fraction of sp³-hybridized carbons (Fsp3) is 0.286. The van der Waals surface area contributed by atoms with Crippen LogP contribution < -0.4 is 5.32 Å². The third kappa shape index (κ3) is 3.70. The molecular formula is C14H15Br2NO. The van der Waals surface area contributed by atoms with Crippen LogP contribution in [0, 0.1) is 0 Å². The molecule has 0 fully saturated rings. The van der Waals surface area contributed by atoms with Crippen molar-refractivity contribution >= 4 is 31.9 Å². The first kappa shape index (κ1) is 13.8. The molecule has 2 nitrogen and oxygen atoms in total. The SMILES string of the molecule is CC(CNCc1cc(Br)c(Br)o1)c1ccccc1. The van der Waals surface area contributed by atoms with E-state index in [4.69, 9.17) is 4.42 Å². The predicted octanol–water partition coefficient (Wildman–Crippen LogP) is 4.70. The molecule has 1 aromatic carbocycles. The number of furan rings is 1. The lowest BCUT2D eigenvalue weighted by Gasteiger charge is -2.12. The van der Waals surface area contributed by atoms with Gasteiger partial charge in [-0.05, 0) is 49.4 Å². The molecular weight excluding hydrogens is 358 g/mol. The second-order valence-electron chi connectivity index (χ2n) is 4.28. The van der Waals surface area contributed by atoms with E-state index >= 15 is 0 Å². The molecule has 1 N–H and O–H groups in total. The number of halogens is 2. The number of hydrogen-bond donors (Lipinski definition) is 1. The molecule has 0 spiro atoms. The Labute approximate surface area is 124 Å². The highest BCUT2D eigenvalue weighted by atomic mass is 79.9. The summed E-state index contributed by atoms with van der Waals surface area (Å²) >= 11 is 6.74. The second-order valence-corrected chi connectivity index (χ2v) is 5.85. The lowest BCUT2D eigenvalue weighted by Crippen LogP contribution is -2.19. The molecule has 1 unspecified atom stereocenters. The van der Waals surface area contributed by atoms with Gasteiger partial charge in [-0.2, -0.15) is 0 Å². The van der Waals surface area contributed by atoms with Crippen LogP contribution in [0.15, 0.2) is 50.0 Å². The molecule has 0 saturated carbocycles. The quantitative estimate of drug-likeness (QED) is 0.822. The Balaban J connectivity index is 1.82. The fourth-order valence-electron chi connectivity index (χ4n) is 1.79. The highest BCUT2D eigenvalue weighted by Crippen LogP contribution is 2.26. The second kappa shape index (κ2) is 6.55. The molecule has 1 aromatic heterocycles. The molecule has 0 aliphatic heterocycles. The van der Waals surface area contributed by atoms with Crippen molar-refractivity contribution in [1.82, 2.24) is 5.32 Å². The van der Waals surface area contributed by atoms with E-state index < -0.39 is 0 Å². The zero-order valence-electron chi connectivity index (χ0n) is 10.1. The van der Waals surface area contributed by atoms with Gasteiger partial charge in [0.1, 0.15) is 5.76 Å². The van der Waals surface area contributed by atoms with E-state index in [1.165, 1.54) is 5.56 Å². The van der Waals surface area contributed by atoms with Gasteiger partial charge in [0.25, 0.3) is 0 Å². The Kier molecular flexibility index (Phi) is 5.03. The molecule has 2 rings (SSSR count). The molecule has 4 heteroatoms. The maximum atomic E-state index is 5.51. The Morgan fingerprint density at radius 2 is 1.94 bits per heavy atom. The zero-order chi connectivity index (χ0) is 13.0. The van der Waals surface area contributed by atoms with Gasteiger partial charge in [-0.15, -0.1) is 0 Å². The zero-order valence-corrected chi connectivity index (χ0v) is 13.3. The van der Waals surface area contributed by atoms with Crippen LogP contribution in [0.2, 0.25) is 0 Å². The number of benzene rings is 1. The first-order chi connectivity index (χ1) is 8.66. The number of rotatable bonds is 5. The van der Waals surface area contributed by atoms with Gasteiger partial charge in [0.15, 0.2) is 4.67 Å². The van der Waals surface area contributed by atoms with Crippen LogP contribution in [0.3, 0.4) is 0 Å². The van der Waals surface area contributed by atoms with E-state index in [2.05, 4.69) is 68.4 Å². The van der Waals surface area contributed by atoms with E-state index in [0.717, 1.165) is 28.0 Å². The average Bonchev–Trinajstić information content (AvgIpc) is 2.69. The Morgan fingerprint density at radius 3 is 2.56 bits per heavy atom. The highest BCUT2D eigenvalue weighted by Gasteiger charge is 2.07. The van der Waals surface area contributed by atoms with Crippen LogP contribution in [0.1, 0.15) is 24.2 Å². The van der Waals surface area contributed by atoms with Gasteiger partial charge in [0.05, 0.1) is 11.0 Å². The summed E-state index contributed by atoms with van der Waals surface area (Å²) in [5, 5.41) is 3.41. The van der Waals surface area contributed by atoms with Crippen molar-refractivity contribution in [2.24, 2.45) is 0 Å². The van der Waals surface area contributed by atoms with Crippen molar-refractivity contribution < 1.29 is 4.42 Å². The largest absolute Gasteiger partial charge is 0.452 e. The summed E-state index contributed by atoms with van der Waals surface area (Å²) in [6.45, 7) is 3.89. The summed E-state index contributed by atoms with van der Waals surface area (Å²) in [6, 6.07) is 12.5. The van der Waals surface area contributed by atoms with Crippen molar-refractivity contribution in [2.75, 3.05) is 6.54 Å². The number of hydrogen-bond acceptors (Lipinski definition) is 2. The van der Waals surface area contributed by atoms with Crippen LogP contribution in [-0.4, -0.2) is 6.54 Å². The van der Waals surface area contributed by atoms with E-state index in [0.29, 0.717) is 5.92 Å². The van der Waals surface area contributed by atoms with Gasteiger partial charge in [0, 0.05) is 6.54 Å². The van der Waals surface area contributed by atoms with Crippen molar-refractivity contribution in [3.8, 4) is 0 Å². The van der Waals surface area contributed by atoms with Gasteiger partial charge in [-0.25, -0.2) is 0 Å². The minimum absolute atomic E-state index is 0.494. The monoisotopic (exact) mass is 371 g/mol. The normalized spacial score (nSPS) is 12.6. The van der Waals surface area contributed by atoms with Crippen molar-refractivity contribution in [3.63, 3.8) is 0 Å². The molecule has 0 amide bonds. The van der Waals surface area contributed by atoms with Crippen molar-refractivity contribution in [2.45, 2.75) is 19.4 Å². The van der Waals surface area contributed by atoms with Crippen molar-refractivity contribution in [1.29, 1.82) is 0 Å². The third-order valence-corrected chi connectivity index (χ3v) is 4.52. The van der Waals surface area contributed by atoms with Crippen LogP contribution in [0.5, 0.6) is 0 Å². The molecule has 1 heterocycles. The summed E-state index contributed by atoms with van der Waals surface area (Å²) < 4.78 is 7.21. The summed E-state index contributed by atoms with van der Waals surface area (Å²) in [4.78, 5) is 0. The van der Waals surface area contributed by atoms with Gasteiger partial charge in [-0.1, -0.05) is 37.3 Å². The molecule has 0 radical (unpaired) electrons. The van der Waals surface area contributed by atoms with E-state index in [1.54, 1.807) is 0 Å². The minimum atomic E-state index is 0.494. The van der Waals surface area contributed by atoms with E-state index in [9.17, 15) is 0 Å². The first-order valence-electron chi connectivity index (χ1n) is 5.86. The van der Waals surface area contributed by atoms with Gasteiger partial charge in [-0.3, -0.25) is 0 Å². The molecule has 0 aliphatic rings. The molecule has 0 aliphatic carbocycles. The van der Waals surface area contributed by atoms with Crippen LogP contribution in [0.4, 0.5) is 0 Å². The van der Waals surface area contributed by atoms with Gasteiger partial charge >= 0.3 is 0 Å². The van der Waals surface area contributed by atoms with E-state index in [-0.39, 0.29) is 0 Å². The van der Waals surface area contributed by atoms with E-state index in [1.807, 2.05) is 12.1 Å². The van der Waals surface area contributed by atoms with Crippen LogP contribution in [0.25, 0.3) is 0 Å². The molecule has 96 valence electrons. The minimum Gasteiger partial charge on any atom is -0.452 e. The number of nitrogens with one attached hydrogen (secondary N) is 1. The highest BCUT2D eigenvalue weighted by molar-refractivity contribution is 9.13. The lowest BCUT2D eigenvalue weighted by molar-refractivity contribution is 0.459. The van der Waals surface area contributed by atoms with Gasteiger partial charge in [0.2, 0.25) is 0 Å². The lowest BCUT2D eigenvalue weighted by atomic mass is 10.0. The third-order valence-electron chi connectivity index (χ3n) is 2.81. The van der Waals surface area contributed by atoms with Crippen LogP contribution >= 0.6 is 31.9 Å². The smallest absolute Gasteiger partial charge is 0.183 e. The fourth-order valence-corrected chi connectivity index (χ4v) is 2.45. The molecule has 2 aromatic rings. The molecule has 1 atom stereocenters. The van der Waals surface area contributed by atoms with Crippen LogP contribution in [-0.2, 0) is 6.54 Å². The summed E-state index contributed by atoms with van der Waals surface area (Å²) in [5.74, 6) is 1.42. The predicted molar refractivity (Wildman–Crippen MR) is 80.7 cm³/mol. The van der Waals surface area contributed by atoms with Gasteiger partial charge < -0.3 is 9.73 Å². The first-order valence-corrected chi connectivity index (χ1v) is 7.45. The summed E-state index contributed by atoms with van der Waals surface area (Å²) in [5.41, 5.74) is 1.35. The molecule has 0 bridgehead atoms. The summed E-state index contributed by atoms with van der Waals surface area (Å²) in [6.07, 6.45) is 0. The molecule has 0 saturated heterocycles. The Bertz CT molecular complexity index is 476. The Morgan fingerprint density at radius 1 is 1.22 bits per heavy atom. The van der Waals surface area contributed by atoms with Crippen molar-refractivity contribution in [3.05, 3.63) is 56.9 Å². The Hall–Kier alpha value is -0.580. The maximum absolute atomic E-state index is 5.51. The summed E-state index contributed by atoms with van der Waals surface area (Å²) in [7, 11) is 0. The molecule has 18 heavy (non-hydrogen) atoms. The topological polar surface area (TPSA) is 25.2 Å².